The van der Waals surface area contributed by atoms with E-state index >= 15 is 0 Å². The highest BCUT2D eigenvalue weighted by Crippen LogP contribution is 2.43. The van der Waals surface area contributed by atoms with Gasteiger partial charge in [0.2, 0.25) is 5.78 Å². The third-order valence-electron chi connectivity index (χ3n) is 6.02. The van der Waals surface area contributed by atoms with Gasteiger partial charge in [0.05, 0.1) is 16.7 Å². The minimum absolute atomic E-state index is 0.111. The Labute approximate surface area is 187 Å². The van der Waals surface area contributed by atoms with Gasteiger partial charge in [-0.2, -0.15) is 0 Å². The van der Waals surface area contributed by atoms with Gasteiger partial charge in [0.1, 0.15) is 11.3 Å². The summed E-state index contributed by atoms with van der Waals surface area (Å²) in [4.78, 5) is 66.7. The predicted molar refractivity (Wildman–Crippen MR) is 116 cm³/mol. The number of ketones is 3. The first kappa shape index (κ1) is 20.3. The zero-order valence-corrected chi connectivity index (χ0v) is 17.6. The zero-order valence-electron chi connectivity index (χ0n) is 17.6. The maximum absolute atomic E-state index is 13.4. The lowest BCUT2D eigenvalue weighted by molar-refractivity contribution is -0.135. The first-order chi connectivity index (χ1) is 15.8. The van der Waals surface area contributed by atoms with Crippen molar-refractivity contribution in [1.82, 2.24) is 9.47 Å². The molecule has 0 atom stereocenters. The molecule has 5 rings (SSSR count). The Morgan fingerprint density at radius 2 is 1.33 bits per heavy atom. The average Bonchev–Trinajstić information content (AvgIpc) is 3.22. The van der Waals surface area contributed by atoms with Crippen LogP contribution in [0.1, 0.15) is 47.9 Å². The molecule has 0 spiro atoms. The summed E-state index contributed by atoms with van der Waals surface area (Å²) in [5.41, 5.74) is -1.02. The summed E-state index contributed by atoms with van der Waals surface area (Å²) in [7, 11) is 2.59. The second-order valence-electron chi connectivity index (χ2n) is 7.80. The van der Waals surface area contributed by atoms with E-state index < -0.39 is 46.2 Å². The minimum Gasteiger partial charge on any atom is -0.494 e. The van der Waals surface area contributed by atoms with Crippen molar-refractivity contribution in [3.8, 4) is 5.88 Å². The number of carbonyl (C=O) groups is 5. The van der Waals surface area contributed by atoms with Crippen LogP contribution < -0.4 is 0 Å². The third-order valence-corrected chi connectivity index (χ3v) is 6.02. The third kappa shape index (κ3) is 2.61. The van der Waals surface area contributed by atoms with Crippen LogP contribution in [0.4, 0.5) is 0 Å². The fourth-order valence-corrected chi connectivity index (χ4v) is 4.35. The maximum atomic E-state index is 13.4. The predicted octanol–water partition coefficient (Wildman–Crippen LogP) is 2.14. The number of likely N-dealkylation sites (N-methyl/N-ethyl adjacent to an activating group) is 1. The molecule has 8 heteroatoms. The molecule has 1 aliphatic heterocycles. The van der Waals surface area contributed by atoms with Crippen molar-refractivity contribution in [3.05, 3.63) is 93.7 Å². The van der Waals surface area contributed by atoms with E-state index in [1.807, 2.05) is 0 Å². The number of rotatable bonds is 3. The van der Waals surface area contributed by atoms with Gasteiger partial charge in [-0.05, 0) is 0 Å². The number of aromatic hydroxyl groups is 1. The minimum atomic E-state index is -0.851. The van der Waals surface area contributed by atoms with Crippen molar-refractivity contribution in [2.45, 2.75) is 0 Å². The Morgan fingerprint density at radius 3 is 1.97 bits per heavy atom. The van der Waals surface area contributed by atoms with Crippen molar-refractivity contribution in [2.24, 2.45) is 7.05 Å². The lowest BCUT2D eigenvalue weighted by Crippen LogP contribution is -2.28. The molecular formula is C25H16N2O6. The van der Waals surface area contributed by atoms with E-state index in [0.717, 1.165) is 9.47 Å². The highest BCUT2D eigenvalue weighted by Gasteiger charge is 2.46. The van der Waals surface area contributed by atoms with Crippen molar-refractivity contribution in [3.63, 3.8) is 0 Å². The molecule has 2 amide bonds. The highest BCUT2D eigenvalue weighted by molar-refractivity contribution is 6.47. The van der Waals surface area contributed by atoms with E-state index in [4.69, 9.17) is 0 Å². The quantitative estimate of drug-likeness (QED) is 0.297. The van der Waals surface area contributed by atoms with Gasteiger partial charge < -0.3 is 9.67 Å². The van der Waals surface area contributed by atoms with Crippen molar-refractivity contribution in [2.75, 3.05) is 7.05 Å². The van der Waals surface area contributed by atoms with E-state index in [0.29, 0.717) is 0 Å². The van der Waals surface area contributed by atoms with Crippen molar-refractivity contribution >= 4 is 34.7 Å². The fraction of sp³-hybridized carbons (Fsp3) is 0.0800. The van der Waals surface area contributed by atoms with Gasteiger partial charge in [-0.15, -0.1) is 0 Å². The number of Topliss-reactive ketones (excluding diaryl/α,β-unsaturated/α-hetero) is 1. The molecule has 0 radical (unpaired) electrons. The summed E-state index contributed by atoms with van der Waals surface area (Å²) < 4.78 is 1.11. The van der Waals surface area contributed by atoms with E-state index in [1.165, 1.54) is 38.4 Å². The fourth-order valence-electron chi connectivity index (χ4n) is 4.35. The molecule has 2 aliphatic rings. The Bertz CT molecular complexity index is 1480. The lowest BCUT2D eigenvalue weighted by Gasteiger charge is -2.16. The largest absolute Gasteiger partial charge is 0.494 e. The molecule has 2 aromatic carbocycles. The van der Waals surface area contributed by atoms with Crippen molar-refractivity contribution in [1.29, 1.82) is 0 Å². The van der Waals surface area contributed by atoms with Crippen LogP contribution in [-0.2, 0) is 16.6 Å². The van der Waals surface area contributed by atoms with Gasteiger partial charge in [-0.1, -0.05) is 54.6 Å². The molecule has 2 heterocycles. The second kappa shape index (κ2) is 6.96. The summed E-state index contributed by atoms with van der Waals surface area (Å²) in [5.74, 6) is -4.07. The normalized spacial score (nSPS) is 15.3. The Balaban J connectivity index is 1.84. The summed E-state index contributed by atoms with van der Waals surface area (Å²) in [5, 5.41) is 11.0. The number of aromatic nitrogens is 1. The number of benzene rings is 2. The first-order valence-corrected chi connectivity index (χ1v) is 10.0. The van der Waals surface area contributed by atoms with E-state index in [2.05, 4.69) is 0 Å². The molecule has 1 aliphatic carbocycles. The molecular weight excluding hydrogens is 424 g/mol. The van der Waals surface area contributed by atoms with Crippen LogP contribution in [0.5, 0.6) is 5.88 Å². The van der Waals surface area contributed by atoms with Crippen LogP contribution in [0.25, 0.3) is 5.57 Å². The summed E-state index contributed by atoms with van der Waals surface area (Å²) in [6, 6.07) is 14.1. The van der Waals surface area contributed by atoms with Crippen LogP contribution in [0.2, 0.25) is 0 Å². The van der Waals surface area contributed by atoms with Crippen LogP contribution >= 0.6 is 0 Å². The first-order valence-electron chi connectivity index (χ1n) is 10.0. The van der Waals surface area contributed by atoms with E-state index in [-0.39, 0.29) is 33.5 Å². The molecule has 0 saturated carbocycles. The van der Waals surface area contributed by atoms with Gasteiger partial charge >= 0.3 is 0 Å². The zero-order chi connectivity index (χ0) is 23.6. The SMILES string of the molecule is CN1C(=O)C(C(=O)c2ccccc2)=C(c2c3c(n(C)c2O)C(=O)c2ccccc2C3=O)C1=O. The standard InChI is InChI=1S/C25H16N2O6/c1-26-19-17(21(29)13-10-6-7-11-14(13)22(19)30)15(23(26)31)16-18(25(33)27(2)24(16)32)20(28)12-8-4-3-5-9-12/h3-11,31H,1-2H3. The highest BCUT2D eigenvalue weighted by atomic mass is 16.3. The Kier molecular flexibility index (Phi) is 4.29. The number of nitrogens with zero attached hydrogens (tertiary/aromatic N) is 2. The van der Waals surface area contributed by atoms with Gasteiger partial charge in [0.15, 0.2) is 17.4 Å². The Morgan fingerprint density at radius 1 is 0.758 bits per heavy atom. The van der Waals surface area contributed by atoms with E-state index in [1.54, 1.807) is 30.3 Å². The average molecular weight is 440 g/mol. The molecule has 0 bridgehead atoms. The number of hydrogen-bond acceptors (Lipinski definition) is 6. The molecule has 3 aromatic rings. The number of amides is 2. The topological polar surface area (TPSA) is 114 Å². The number of imide groups is 1. The summed E-state index contributed by atoms with van der Waals surface area (Å²) >= 11 is 0. The molecule has 1 aromatic heterocycles. The van der Waals surface area contributed by atoms with E-state index in [9.17, 15) is 29.1 Å². The molecule has 162 valence electrons. The van der Waals surface area contributed by atoms with Crippen molar-refractivity contribution < 1.29 is 29.1 Å². The number of fused-ring (bicyclic) bond motifs is 2. The number of hydrogen-bond donors (Lipinski definition) is 1. The maximum Gasteiger partial charge on any atom is 0.265 e. The smallest absolute Gasteiger partial charge is 0.265 e. The molecule has 8 nitrogen and oxygen atoms in total. The monoisotopic (exact) mass is 440 g/mol. The van der Waals surface area contributed by atoms with Crippen LogP contribution in [0.15, 0.2) is 60.2 Å². The summed E-state index contributed by atoms with van der Waals surface area (Å²) in [6.07, 6.45) is 0. The second-order valence-corrected chi connectivity index (χ2v) is 7.80. The van der Waals surface area contributed by atoms with Gasteiger partial charge in [-0.25, -0.2) is 0 Å². The Hall–Kier alpha value is -4.59. The van der Waals surface area contributed by atoms with Gasteiger partial charge in [0, 0.05) is 30.8 Å². The van der Waals surface area contributed by atoms with Gasteiger partial charge in [-0.3, -0.25) is 28.9 Å². The molecule has 0 unspecified atom stereocenters. The number of carbonyl (C=O) groups excluding carboxylic acids is 5. The summed E-state index contributed by atoms with van der Waals surface area (Å²) in [6.45, 7) is 0. The van der Waals surface area contributed by atoms with Crippen LogP contribution in [0, 0.1) is 0 Å². The molecule has 0 saturated heterocycles. The van der Waals surface area contributed by atoms with Gasteiger partial charge in [0.25, 0.3) is 11.8 Å². The lowest BCUT2D eigenvalue weighted by atomic mass is 9.84. The van der Waals surface area contributed by atoms with Crippen LogP contribution in [0.3, 0.4) is 0 Å². The molecule has 33 heavy (non-hydrogen) atoms. The molecule has 0 fully saturated rings. The van der Waals surface area contributed by atoms with Crippen LogP contribution in [-0.4, -0.2) is 50.8 Å². The molecule has 1 N–H and O–H groups in total.